The number of nitrogens with zero attached hydrogens (tertiary/aromatic N) is 4. The minimum Gasteiger partial charge on any atom is -0.384 e. The van der Waals surface area contributed by atoms with Crippen LogP contribution in [0.15, 0.2) is 60.8 Å². The predicted molar refractivity (Wildman–Crippen MR) is 132 cm³/mol. The molecule has 1 saturated heterocycles. The molecule has 3 aromatic rings. The van der Waals surface area contributed by atoms with Crippen LogP contribution in [0.25, 0.3) is 11.3 Å². The van der Waals surface area contributed by atoms with Crippen LogP contribution in [-0.2, 0) is 4.74 Å². The van der Waals surface area contributed by atoms with Gasteiger partial charge in [-0.3, -0.25) is 4.79 Å². The van der Waals surface area contributed by atoms with Gasteiger partial charge in [-0.25, -0.2) is 9.97 Å². The molecule has 34 heavy (non-hydrogen) atoms. The molecule has 0 radical (unpaired) electrons. The largest absolute Gasteiger partial charge is 0.384 e. The third kappa shape index (κ3) is 5.88. The number of carbonyl (C=O) groups is 1. The Hall–Kier alpha value is -3.96. The number of hydrogen-bond donors (Lipinski definition) is 2. The van der Waals surface area contributed by atoms with Crippen molar-refractivity contribution in [2.24, 2.45) is 5.92 Å². The maximum Gasteiger partial charge on any atom is 0.252 e. The second-order valence-corrected chi connectivity index (χ2v) is 8.24. The van der Waals surface area contributed by atoms with E-state index in [1.54, 1.807) is 25.4 Å². The quantitative estimate of drug-likeness (QED) is 0.494. The number of hydrogen-bond acceptors (Lipinski definition) is 7. The average Bonchev–Trinajstić information content (AvgIpc) is 2.89. The standard InChI is InChI=1S/C26H28N6O2/c1-34-18-19-11-16-32(17-12-19)23-8-6-22(7-9-23)30-26-29-14-10-24(31-26)20-2-4-21(5-3-20)25(33)28-15-13-27/h2-10,14,19H,11-12,15-18H2,1H3,(H,28,33)(H,29,30,31). The minimum atomic E-state index is -0.277. The summed E-state index contributed by atoms with van der Waals surface area (Å²) in [6, 6.07) is 19.1. The maximum absolute atomic E-state index is 12.0. The number of methoxy groups -OCH3 is 1. The molecule has 2 aromatic carbocycles. The summed E-state index contributed by atoms with van der Waals surface area (Å²) in [5.41, 5.74) is 4.25. The first-order valence-electron chi connectivity index (χ1n) is 11.4. The summed E-state index contributed by atoms with van der Waals surface area (Å²) in [7, 11) is 1.77. The van der Waals surface area contributed by atoms with E-state index in [1.807, 2.05) is 36.4 Å². The molecule has 1 amide bonds. The zero-order chi connectivity index (χ0) is 23.8. The molecule has 0 aliphatic carbocycles. The number of amides is 1. The molecule has 1 aliphatic rings. The highest BCUT2D eigenvalue weighted by Gasteiger charge is 2.19. The van der Waals surface area contributed by atoms with Crippen LogP contribution in [-0.4, -0.2) is 49.2 Å². The van der Waals surface area contributed by atoms with Gasteiger partial charge in [0.1, 0.15) is 6.54 Å². The van der Waals surface area contributed by atoms with Crippen LogP contribution in [0.3, 0.4) is 0 Å². The molecule has 2 N–H and O–H groups in total. The lowest BCUT2D eigenvalue weighted by molar-refractivity contribution is 0.0958. The highest BCUT2D eigenvalue weighted by Crippen LogP contribution is 2.26. The third-order valence-corrected chi connectivity index (χ3v) is 5.93. The fourth-order valence-corrected chi connectivity index (χ4v) is 4.07. The van der Waals surface area contributed by atoms with E-state index in [1.165, 1.54) is 5.69 Å². The summed E-state index contributed by atoms with van der Waals surface area (Å²) in [4.78, 5) is 23.3. The number of aromatic nitrogens is 2. The van der Waals surface area contributed by atoms with E-state index in [0.29, 0.717) is 17.4 Å². The number of rotatable bonds is 8. The minimum absolute atomic E-state index is 0.0185. The van der Waals surface area contributed by atoms with Crippen molar-refractivity contribution >= 4 is 23.2 Å². The van der Waals surface area contributed by atoms with Gasteiger partial charge < -0.3 is 20.3 Å². The number of carbonyl (C=O) groups excluding carboxylic acids is 1. The van der Waals surface area contributed by atoms with E-state index >= 15 is 0 Å². The van der Waals surface area contributed by atoms with E-state index in [9.17, 15) is 4.79 Å². The van der Waals surface area contributed by atoms with Crippen molar-refractivity contribution in [3.63, 3.8) is 0 Å². The normalized spacial score (nSPS) is 13.8. The average molecular weight is 457 g/mol. The predicted octanol–water partition coefficient (Wildman–Crippen LogP) is 4.00. The fraction of sp³-hybridized carbons (Fsp3) is 0.308. The van der Waals surface area contributed by atoms with Crippen molar-refractivity contribution in [2.45, 2.75) is 12.8 Å². The van der Waals surface area contributed by atoms with Crippen molar-refractivity contribution in [1.29, 1.82) is 5.26 Å². The van der Waals surface area contributed by atoms with Gasteiger partial charge in [-0.1, -0.05) is 12.1 Å². The van der Waals surface area contributed by atoms with E-state index in [4.69, 9.17) is 10.00 Å². The molecule has 0 spiro atoms. The molecule has 0 atom stereocenters. The zero-order valence-corrected chi connectivity index (χ0v) is 19.2. The Balaban J connectivity index is 1.38. The number of nitrogens with one attached hydrogen (secondary N) is 2. The van der Waals surface area contributed by atoms with Crippen LogP contribution in [0.5, 0.6) is 0 Å². The lowest BCUT2D eigenvalue weighted by atomic mass is 9.97. The van der Waals surface area contributed by atoms with Gasteiger partial charge in [0.05, 0.1) is 11.8 Å². The molecule has 0 unspecified atom stereocenters. The van der Waals surface area contributed by atoms with E-state index in [-0.39, 0.29) is 12.5 Å². The summed E-state index contributed by atoms with van der Waals surface area (Å²) in [6.07, 6.45) is 4.01. The summed E-state index contributed by atoms with van der Waals surface area (Å²) in [6.45, 7) is 2.92. The first-order chi connectivity index (χ1) is 16.7. The highest BCUT2D eigenvalue weighted by molar-refractivity contribution is 5.94. The number of piperidine rings is 1. The molecule has 4 rings (SSSR count). The van der Waals surface area contributed by atoms with Crippen molar-refractivity contribution in [3.8, 4) is 17.3 Å². The van der Waals surface area contributed by atoms with Crippen molar-refractivity contribution in [1.82, 2.24) is 15.3 Å². The first kappa shape index (κ1) is 23.2. The first-order valence-corrected chi connectivity index (χ1v) is 11.4. The van der Waals surface area contributed by atoms with Crippen molar-refractivity contribution < 1.29 is 9.53 Å². The molecule has 1 fully saturated rings. The molecule has 1 aromatic heterocycles. The van der Waals surface area contributed by atoms with Gasteiger partial charge in [-0.05, 0) is 61.2 Å². The van der Waals surface area contributed by atoms with Gasteiger partial charge in [-0.15, -0.1) is 0 Å². The summed E-state index contributed by atoms with van der Waals surface area (Å²) >= 11 is 0. The number of anilines is 3. The van der Waals surface area contributed by atoms with Crippen LogP contribution in [0.1, 0.15) is 23.2 Å². The maximum atomic E-state index is 12.0. The smallest absolute Gasteiger partial charge is 0.252 e. The molecular formula is C26H28N6O2. The van der Waals surface area contributed by atoms with Gasteiger partial charge >= 0.3 is 0 Å². The number of benzene rings is 2. The van der Waals surface area contributed by atoms with Crippen molar-refractivity contribution in [2.75, 3.05) is 43.6 Å². The lowest BCUT2D eigenvalue weighted by Gasteiger charge is -2.33. The Morgan fingerprint density at radius 1 is 1.12 bits per heavy atom. The van der Waals surface area contributed by atoms with Crippen LogP contribution in [0, 0.1) is 17.2 Å². The Morgan fingerprint density at radius 2 is 1.85 bits per heavy atom. The third-order valence-electron chi connectivity index (χ3n) is 5.93. The molecule has 0 bridgehead atoms. The molecule has 2 heterocycles. The molecular weight excluding hydrogens is 428 g/mol. The lowest BCUT2D eigenvalue weighted by Crippen LogP contribution is -2.34. The van der Waals surface area contributed by atoms with E-state index < -0.39 is 0 Å². The van der Waals surface area contributed by atoms with Gasteiger partial charge in [0.25, 0.3) is 5.91 Å². The van der Waals surface area contributed by atoms with Crippen molar-refractivity contribution in [3.05, 3.63) is 66.4 Å². The Morgan fingerprint density at radius 3 is 2.53 bits per heavy atom. The van der Waals surface area contributed by atoms with Crippen LogP contribution >= 0.6 is 0 Å². The van der Waals surface area contributed by atoms with Crippen LogP contribution < -0.4 is 15.5 Å². The molecule has 1 aliphatic heterocycles. The summed E-state index contributed by atoms with van der Waals surface area (Å²) in [5.74, 6) is 0.881. The van der Waals surface area contributed by atoms with Gasteiger partial charge in [0.15, 0.2) is 0 Å². The van der Waals surface area contributed by atoms with Gasteiger partial charge in [0, 0.05) is 55.5 Å². The second kappa shape index (κ2) is 11.3. The Labute approximate surface area is 199 Å². The molecule has 174 valence electrons. The summed E-state index contributed by atoms with van der Waals surface area (Å²) in [5, 5.41) is 14.4. The Bertz CT molecular complexity index is 1130. The fourth-order valence-electron chi connectivity index (χ4n) is 4.07. The van der Waals surface area contributed by atoms with E-state index in [2.05, 4.69) is 37.6 Å². The van der Waals surface area contributed by atoms with Crippen LogP contribution in [0.4, 0.5) is 17.3 Å². The topological polar surface area (TPSA) is 103 Å². The highest BCUT2D eigenvalue weighted by atomic mass is 16.5. The number of nitriles is 1. The monoisotopic (exact) mass is 456 g/mol. The van der Waals surface area contributed by atoms with Gasteiger partial charge in [0.2, 0.25) is 5.95 Å². The SMILES string of the molecule is COCC1CCN(c2ccc(Nc3nccc(-c4ccc(C(=O)NCC#N)cc4)n3)cc2)CC1. The van der Waals surface area contributed by atoms with E-state index in [0.717, 1.165) is 49.5 Å². The molecule has 0 saturated carbocycles. The molecule has 8 heteroatoms. The van der Waals surface area contributed by atoms with Crippen LogP contribution in [0.2, 0.25) is 0 Å². The molecule has 8 nitrogen and oxygen atoms in total. The zero-order valence-electron chi connectivity index (χ0n) is 19.2. The Kier molecular flexibility index (Phi) is 7.68. The number of ether oxygens (including phenoxy) is 1. The summed E-state index contributed by atoms with van der Waals surface area (Å²) < 4.78 is 5.29. The second-order valence-electron chi connectivity index (χ2n) is 8.24. The van der Waals surface area contributed by atoms with Gasteiger partial charge in [-0.2, -0.15) is 5.26 Å².